The van der Waals surface area contributed by atoms with Crippen molar-refractivity contribution in [2.75, 3.05) is 6.54 Å². The zero-order valence-corrected chi connectivity index (χ0v) is 17.5. The summed E-state index contributed by atoms with van der Waals surface area (Å²) in [5, 5.41) is 0. The van der Waals surface area contributed by atoms with Gasteiger partial charge in [0.1, 0.15) is 0 Å². The molecule has 0 radical (unpaired) electrons. The van der Waals surface area contributed by atoms with Crippen LogP contribution in [0.1, 0.15) is 31.9 Å². The van der Waals surface area contributed by atoms with Crippen LogP contribution in [-0.4, -0.2) is 19.0 Å². The topological polar surface area (TPSA) is 24.7 Å². The molecule has 0 bridgehead atoms. The van der Waals surface area contributed by atoms with Gasteiger partial charge in [0, 0.05) is 12.1 Å². The van der Waals surface area contributed by atoms with E-state index in [2.05, 4.69) is 93.1 Å². The first-order valence-electron chi connectivity index (χ1n) is 9.90. The van der Waals surface area contributed by atoms with E-state index in [9.17, 15) is 0 Å². The normalized spacial score (nSPS) is 12.7. The summed E-state index contributed by atoms with van der Waals surface area (Å²) in [4.78, 5) is 9.24. The van der Waals surface area contributed by atoms with Crippen molar-refractivity contribution < 1.29 is 0 Å². The standard InChI is InChI=1S/C27H28N2/c1-27(2,3)20-29-26(22-14-9-6-10-15-22)19-25(28-4)24-17-11-16-23(18-24)21-12-7-5-8-13-21/h5-19H,4,20H2,1-3H3/b25-19-,29-26?. The molecule has 0 heterocycles. The molecule has 3 rings (SSSR count). The monoisotopic (exact) mass is 380 g/mol. The molecular formula is C27H28N2. The average Bonchev–Trinajstić information content (AvgIpc) is 2.74. The summed E-state index contributed by atoms with van der Waals surface area (Å²) >= 11 is 0. The van der Waals surface area contributed by atoms with Crippen LogP contribution in [0.4, 0.5) is 0 Å². The Kier molecular flexibility index (Phi) is 6.56. The van der Waals surface area contributed by atoms with Gasteiger partial charge in [-0.15, -0.1) is 0 Å². The van der Waals surface area contributed by atoms with Crippen LogP contribution >= 0.6 is 0 Å². The SMILES string of the molecule is C=N/C(=C\C(=NCC(C)(C)C)c1ccccc1)c1cccc(-c2ccccc2)c1. The summed E-state index contributed by atoms with van der Waals surface area (Å²) in [7, 11) is 0. The number of hydrogen-bond acceptors (Lipinski definition) is 2. The van der Waals surface area contributed by atoms with Gasteiger partial charge in [0.15, 0.2) is 0 Å². The number of benzene rings is 3. The fourth-order valence-electron chi connectivity index (χ4n) is 2.99. The molecular weight excluding hydrogens is 352 g/mol. The van der Waals surface area contributed by atoms with Gasteiger partial charge < -0.3 is 0 Å². The Bertz CT molecular complexity index is 1010. The van der Waals surface area contributed by atoms with Crippen LogP contribution in [0.3, 0.4) is 0 Å². The Hall–Kier alpha value is -3.26. The molecule has 0 aliphatic rings. The summed E-state index contributed by atoms with van der Waals surface area (Å²) in [6.07, 6.45) is 2.04. The molecule has 0 amide bonds. The predicted octanol–water partition coefficient (Wildman–Crippen LogP) is 6.93. The second kappa shape index (κ2) is 9.29. The van der Waals surface area contributed by atoms with E-state index in [1.807, 2.05) is 30.3 Å². The minimum absolute atomic E-state index is 0.114. The van der Waals surface area contributed by atoms with E-state index in [-0.39, 0.29) is 5.41 Å². The van der Waals surface area contributed by atoms with Gasteiger partial charge in [-0.3, -0.25) is 9.98 Å². The van der Waals surface area contributed by atoms with Crippen molar-refractivity contribution in [2.24, 2.45) is 15.4 Å². The zero-order chi connectivity index (χ0) is 20.7. The quantitative estimate of drug-likeness (QED) is 0.414. The van der Waals surface area contributed by atoms with Crippen LogP contribution in [0.25, 0.3) is 16.8 Å². The van der Waals surface area contributed by atoms with Gasteiger partial charge in [0.05, 0.1) is 11.4 Å². The van der Waals surface area contributed by atoms with Crippen molar-refractivity contribution in [1.82, 2.24) is 0 Å². The van der Waals surface area contributed by atoms with E-state index in [4.69, 9.17) is 4.99 Å². The number of hydrogen-bond donors (Lipinski definition) is 0. The third-order valence-corrected chi connectivity index (χ3v) is 4.50. The van der Waals surface area contributed by atoms with Crippen LogP contribution in [0, 0.1) is 5.41 Å². The molecule has 0 aliphatic heterocycles. The highest BCUT2D eigenvalue weighted by Gasteiger charge is 2.11. The van der Waals surface area contributed by atoms with Gasteiger partial charge in [0.2, 0.25) is 0 Å². The van der Waals surface area contributed by atoms with Gasteiger partial charge in [-0.1, -0.05) is 99.6 Å². The highest BCUT2D eigenvalue weighted by atomic mass is 14.8. The molecule has 0 unspecified atom stereocenters. The van der Waals surface area contributed by atoms with Gasteiger partial charge in [-0.25, -0.2) is 0 Å². The molecule has 0 saturated carbocycles. The first-order valence-corrected chi connectivity index (χ1v) is 9.90. The third kappa shape index (κ3) is 5.86. The van der Waals surface area contributed by atoms with Gasteiger partial charge in [-0.05, 0) is 41.0 Å². The highest BCUT2D eigenvalue weighted by molar-refractivity contribution is 6.12. The Morgan fingerprint density at radius 2 is 1.38 bits per heavy atom. The molecule has 0 fully saturated rings. The van der Waals surface area contributed by atoms with E-state index >= 15 is 0 Å². The lowest BCUT2D eigenvalue weighted by molar-refractivity contribution is 0.430. The van der Waals surface area contributed by atoms with Crippen LogP contribution in [-0.2, 0) is 0 Å². The lowest BCUT2D eigenvalue weighted by Gasteiger charge is -2.15. The third-order valence-electron chi connectivity index (χ3n) is 4.50. The average molecular weight is 381 g/mol. The first-order chi connectivity index (χ1) is 14.0. The molecule has 2 nitrogen and oxygen atoms in total. The lowest BCUT2D eigenvalue weighted by Crippen LogP contribution is -2.12. The van der Waals surface area contributed by atoms with Crippen molar-refractivity contribution in [1.29, 1.82) is 0 Å². The Balaban J connectivity index is 2.03. The van der Waals surface area contributed by atoms with Gasteiger partial charge in [-0.2, -0.15) is 0 Å². The molecule has 0 atom stereocenters. The van der Waals surface area contributed by atoms with Crippen LogP contribution in [0.15, 0.2) is 101 Å². The smallest absolute Gasteiger partial charge is 0.0716 e. The van der Waals surface area contributed by atoms with E-state index in [0.29, 0.717) is 0 Å². The predicted molar refractivity (Wildman–Crippen MR) is 127 cm³/mol. The fourth-order valence-corrected chi connectivity index (χ4v) is 2.99. The molecule has 29 heavy (non-hydrogen) atoms. The summed E-state index contributed by atoms with van der Waals surface area (Å²) in [5.41, 5.74) is 6.31. The molecule has 0 aliphatic carbocycles. The number of aliphatic imine (C=N–C) groups is 2. The van der Waals surface area contributed by atoms with E-state index in [1.54, 1.807) is 0 Å². The second-order valence-corrected chi connectivity index (χ2v) is 8.26. The molecule has 2 heteroatoms. The van der Waals surface area contributed by atoms with E-state index < -0.39 is 0 Å². The highest BCUT2D eigenvalue weighted by Crippen LogP contribution is 2.25. The maximum absolute atomic E-state index is 4.91. The minimum Gasteiger partial charge on any atom is -0.284 e. The summed E-state index contributed by atoms with van der Waals surface area (Å²) in [5.74, 6) is 0. The van der Waals surface area contributed by atoms with Crippen molar-refractivity contribution in [2.45, 2.75) is 20.8 Å². The van der Waals surface area contributed by atoms with E-state index in [1.165, 1.54) is 5.56 Å². The number of nitrogens with zero attached hydrogens (tertiary/aromatic N) is 2. The maximum Gasteiger partial charge on any atom is 0.0716 e. The molecule has 0 aromatic heterocycles. The van der Waals surface area contributed by atoms with Crippen molar-refractivity contribution in [3.63, 3.8) is 0 Å². The zero-order valence-electron chi connectivity index (χ0n) is 17.5. The summed E-state index contributed by atoms with van der Waals surface area (Å²) in [6, 6.07) is 29.0. The Morgan fingerprint density at radius 1 is 0.793 bits per heavy atom. The number of allylic oxidation sites excluding steroid dienone is 1. The molecule has 3 aromatic carbocycles. The molecule has 146 valence electrons. The van der Waals surface area contributed by atoms with Crippen LogP contribution in [0.5, 0.6) is 0 Å². The molecule has 0 spiro atoms. The minimum atomic E-state index is 0.114. The largest absolute Gasteiger partial charge is 0.284 e. The first kappa shape index (κ1) is 20.5. The molecule has 3 aromatic rings. The molecule has 0 N–H and O–H groups in total. The van der Waals surface area contributed by atoms with Crippen LogP contribution < -0.4 is 0 Å². The van der Waals surface area contributed by atoms with E-state index in [0.717, 1.165) is 34.6 Å². The maximum atomic E-state index is 4.91. The Morgan fingerprint density at radius 3 is 2.00 bits per heavy atom. The number of rotatable bonds is 6. The van der Waals surface area contributed by atoms with Crippen LogP contribution in [0.2, 0.25) is 0 Å². The summed E-state index contributed by atoms with van der Waals surface area (Å²) in [6.45, 7) is 11.1. The molecule has 0 saturated heterocycles. The Labute approximate surface area is 174 Å². The fraction of sp³-hybridized carbons (Fsp3) is 0.185. The van der Waals surface area contributed by atoms with Crippen molar-refractivity contribution in [3.05, 3.63) is 102 Å². The van der Waals surface area contributed by atoms with Crippen molar-refractivity contribution in [3.8, 4) is 11.1 Å². The van der Waals surface area contributed by atoms with Gasteiger partial charge >= 0.3 is 0 Å². The summed E-state index contributed by atoms with van der Waals surface area (Å²) < 4.78 is 0. The van der Waals surface area contributed by atoms with Gasteiger partial charge in [0.25, 0.3) is 0 Å². The lowest BCUT2D eigenvalue weighted by atomic mass is 9.97. The second-order valence-electron chi connectivity index (χ2n) is 8.26. The van der Waals surface area contributed by atoms with Crippen molar-refractivity contribution >= 4 is 18.1 Å².